The second kappa shape index (κ2) is 13.8. The molecule has 224 valence electrons. The number of hydrogen-bond acceptors (Lipinski definition) is 1. The van der Waals surface area contributed by atoms with Gasteiger partial charge in [0.25, 0.3) is 0 Å². The predicted molar refractivity (Wildman–Crippen MR) is 177 cm³/mol. The summed E-state index contributed by atoms with van der Waals surface area (Å²) in [7, 11) is -4.73. The van der Waals surface area contributed by atoms with E-state index < -0.39 is 16.6 Å². The average molecular weight is 555 g/mol. The summed E-state index contributed by atoms with van der Waals surface area (Å²) in [5.74, 6) is 2.61. The third kappa shape index (κ3) is 6.34. The van der Waals surface area contributed by atoms with Crippen molar-refractivity contribution in [3.8, 4) is 0 Å². The van der Waals surface area contributed by atoms with Gasteiger partial charge in [0.15, 0.2) is 16.6 Å². The quantitative estimate of drug-likeness (QED) is 0.153. The molecule has 0 aromatic carbocycles. The maximum absolute atomic E-state index is 8.74. The van der Waals surface area contributed by atoms with Gasteiger partial charge in [-0.3, -0.25) is 0 Å². The van der Waals surface area contributed by atoms with Crippen molar-refractivity contribution in [2.45, 2.75) is 195 Å². The van der Waals surface area contributed by atoms with Gasteiger partial charge < -0.3 is 4.12 Å². The zero-order chi connectivity index (χ0) is 29.7. The van der Waals surface area contributed by atoms with Crippen LogP contribution in [-0.4, -0.2) is 16.6 Å². The Morgan fingerprint density at radius 2 is 0.622 bits per heavy atom. The lowest BCUT2D eigenvalue weighted by atomic mass is 9.92. The maximum Gasteiger partial charge on any atom is 0.191 e. The van der Waals surface area contributed by atoms with Crippen LogP contribution in [0.2, 0.25) is 32.2 Å². The van der Waals surface area contributed by atoms with E-state index in [0.717, 1.165) is 0 Å². The molecule has 1 nitrogen and oxygen atoms in total. The van der Waals surface area contributed by atoms with Crippen LogP contribution in [0, 0.1) is 23.7 Å². The molecule has 0 rings (SSSR count). The molecule has 0 heterocycles. The van der Waals surface area contributed by atoms with E-state index in [1.807, 2.05) is 0 Å². The average Bonchev–Trinajstić information content (AvgIpc) is 2.84. The summed E-state index contributed by atoms with van der Waals surface area (Å²) >= 11 is 0. The van der Waals surface area contributed by atoms with Crippen molar-refractivity contribution in [3.05, 3.63) is 0 Å². The van der Waals surface area contributed by atoms with Crippen molar-refractivity contribution in [2.24, 2.45) is 23.7 Å². The molecule has 0 amide bonds. The zero-order valence-electron chi connectivity index (χ0n) is 29.4. The highest BCUT2D eigenvalue weighted by atomic mass is 28.4. The smallest absolute Gasteiger partial charge is 0.191 e. The third-order valence-electron chi connectivity index (χ3n) is 13.1. The first-order chi connectivity index (χ1) is 16.8. The monoisotopic (exact) mass is 555 g/mol. The van der Waals surface area contributed by atoms with Gasteiger partial charge >= 0.3 is 0 Å². The van der Waals surface area contributed by atoms with E-state index in [4.69, 9.17) is 4.12 Å². The normalized spacial score (nSPS) is 20.6. The first-order valence-electron chi connectivity index (χ1n) is 16.5. The van der Waals surface area contributed by atoms with Crippen molar-refractivity contribution in [1.29, 1.82) is 0 Å². The van der Waals surface area contributed by atoms with E-state index in [2.05, 4.69) is 125 Å². The summed E-state index contributed by atoms with van der Waals surface area (Å²) in [6, 6.07) is 2.57. The van der Waals surface area contributed by atoms with Crippen LogP contribution >= 0.6 is 0 Å². The van der Waals surface area contributed by atoms with Gasteiger partial charge in [0.2, 0.25) is 0 Å². The van der Waals surface area contributed by atoms with Crippen molar-refractivity contribution >= 4 is 16.6 Å². The fourth-order valence-corrected chi connectivity index (χ4v) is 26.9. The minimum absolute atomic E-state index is 0.202. The van der Waals surface area contributed by atoms with Gasteiger partial charge in [-0.2, -0.15) is 0 Å². The van der Waals surface area contributed by atoms with Crippen LogP contribution in [0.15, 0.2) is 0 Å². The van der Waals surface area contributed by atoms with Crippen LogP contribution in [0.3, 0.4) is 0 Å². The first-order valence-corrected chi connectivity index (χ1v) is 20.7. The molecule has 0 bridgehead atoms. The Labute approximate surface area is 239 Å². The highest BCUT2D eigenvalue weighted by Crippen LogP contribution is 2.69. The lowest BCUT2D eigenvalue weighted by molar-refractivity contribution is 0.234. The molecule has 37 heavy (non-hydrogen) atoms. The summed E-state index contributed by atoms with van der Waals surface area (Å²) < 4.78 is 8.74. The lowest BCUT2D eigenvalue weighted by Crippen LogP contribution is -2.70. The van der Waals surface area contributed by atoms with Gasteiger partial charge in [0.1, 0.15) is 0 Å². The number of hydrogen-bond donors (Lipinski definition) is 0. The Morgan fingerprint density at radius 1 is 0.432 bits per heavy atom. The third-order valence-corrected chi connectivity index (χ3v) is 28.6. The summed E-state index contributed by atoms with van der Waals surface area (Å²) in [4.78, 5) is 0. The molecule has 0 aromatic heterocycles. The Hall–Kier alpha value is 0.394. The molecular weight excluding hydrogens is 481 g/mol. The van der Waals surface area contributed by atoms with E-state index >= 15 is 0 Å². The molecule has 0 aliphatic carbocycles. The van der Waals surface area contributed by atoms with Gasteiger partial charge in [-0.15, -0.1) is 0 Å². The summed E-state index contributed by atoms with van der Waals surface area (Å²) in [5, 5.41) is 0.809. The van der Waals surface area contributed by atoms with Crippen LogP contribution in [0.25, 0.3) is 0 Å². The van der Waals surface area contributed by atoms with E-state index in [1.54, 1.807) is 0 Å². The lowest BCUT2D eigenvalue weighted by Gasteiger charge is -2.67. The highest BCUT2D eigenvalue weighted by Gasteiger charge is 2.69. The van der Waals surface area contributed by atoms with Gasteiger partial charge in [-0.25, -0.2) is 0 Å². The Balaban J connectivity index is 8.08. The molecule has 0 aliphatic heterocycles. The maximum atomic E-state index is 8.74. The number of rotatable bonds is 18. The summed E-state index contributed by atoms with van der Waals surface area (Å²) in [6.45, 7) is 45.8. The Kier molecular flexibility index (Phi) is 14.0. The Bertz CT molecular complexity index is 563. The van der Waals surface area contributed by atoms with Crippen LogP contribution in [0.1, 0.15) is 163 Å². The second-order valence-corrected chi connectivity index (χ2v) is 25.7. The van der Waals surface area contributed by atoms with Crippen LogP contribution in [0.5, 0.6) is 0 Å². The van der Waals surface area contributed by atoms with Gasteiger partial charge in [-0.1, -0.05) is 163 Å². The van der Waals surface area contributed by atoms with Crippen LogP contribution in [-0.2, 0) is 4.12 Å². The molecule has 4 unspecified atom stereocenters. The molecule has 0 N–H and O–H groups in total. The first kappa shape index (κ1) is 37.4. The molecule has 0 aliphatic rings. The molecule has 4 atom stereocenters. The van der Waals surface area contributed by atoms with E-state index in [1.165, 1.54) is 50.6 Å². The van der Waals surface area contributed by atoms with Crippen molar-refractivity contribution in [2.75, 3.05) is 0 Å². The van der Waals surface area contributed by atoms with Crippen molar-refractivity contribution < 1.29 is 4.12 Å². The molecule has 0 radical (unpaired) electrons. The molecule has 0 saturated carbocycles. The predicted octanol–water partition coefficient (Wildman–Crippen LogP) is 13.0. The zero-order valence-corrected chi connectivity index (χ0v) is 31.4. The van der Waals surface area contributed by atoms with E-state index in [-0.39, 0.29) is 20.2 Å². The molecular formula is C34H74OSi2. The molecule has 0 spiro atoms. The minimum Gasteiger partial charge on any atom is -0.453 e. The van der Waals surface area contributed by atoms with Crippen LogP contribution in [0.4, 0.5) is 0 Å². The fourth-order valence-electron chi connectivity index (χ4n) is 8.21. The SMILES string of the molecule is CCC[Si](O[Si](CCC)(C(C)(C)C(C)CC)C(C)(C)C(C)CC)(C(C)(C)C(C)CC)C(C)(C)C(C)CC. The molecule has 0 fully saturated rings. The van der Waals surface area contributed by atoms with E-state index in [0.29, 0.717) is 23.7 Å². The Morgan fingerprint density at radius 3 is 0.757 bits per heavy atom. The standard InChI is InChI=1S/C34H74OSi2/c1-19-25-36(31(11,12)27(7)21-3,32(13,14)28(8)22-4)35-37(26-20-2,33(15,16)29(9)23-5)34(17,18)30(10)24-6/h27-30H,19-26H2,1-18H3. The van der Waals surface area contributed by atoms with Crippen LogP contribution < -0.4 is 0 Å². The fraction of sp³-hybridized carbons (Fsp3) is 1.00. The van der Waals surface area contributed by atoms with E-state index in [9.17, 15) is 0 Å². The molecule has 0 aromatic rings. The second-order valence-electron chi connectivity index (χ2n) is 15.4. The van der Waals surface area contributed by atoms with Crippen molar-refractivity contribution in [3.63, 3.8) is 0 Å². The summed E-state index contributed by atoms with van der Waals surface area (Å²) in [5.41, 5.74) is 0. The van der Waals surface area contributed by atoms with Gasteiger partial charge in [0.05, 0.1) is 0 Å². The summed E-state index contributed by atoms with van der Waals surface area (Å²) in [6.07, 6.45) is 7.40. The molecule has 3 heteroatoms. The largest absolute Gasteiger partial charge is 0.453 e. The molecule has 0 saturated heterocycles. The van der Waals surface area contributed by atoms with Gasteiger partial charge in [0, 0.05) is 0 Å². The van der Waals surface area contributed by atoms with Gasteiger partial charge in [-0.05, 0) is 55.9 Å². The minimum atomic E-state index is -2.37. The highest BCUT2D eigenvalue weighted by molar-refractivity contribution is 6.92. The topological polar surface area (TPSA) is 9.23 Å². The van der Waals surface area contributed by atoms with Crippen molar-refractivity contribution in [1.82, 2.24) is 0 Å².